The van der Waals surface area contributed by atoms with Crippen LogP contribution >= 0.6 is 11.8 Å². The van der Waals surface area contributed by atoms with Crippen LogP contribution in [0.2, 0.25) is 0 Å². The second kappa shape index (κ2) is 6.83. The molecule has 0 spiro atoms. The molecular formula is C16H20O4S. The number of hydrogen-bond donors (Lipinski definition) is 1. The van der Waals surface area contributed by atoms with E-state index in [1.807, 2.05) is 30.3 Å². The third-order valence-corrected chi connectivity index (χ3v) is 4.62. The molecule has 3 rings (SSSR count). The first-order valence-electron chi connectivity index (χ1n) is 7.29. The van der Waals surface area contributed by atoms with Gasteiger partial charge in [-0.15, -0.1) is 0 Å². The Hall–Kier alpha value is -1.01. The zero-order chi connectivity index (χ0) is 14.7. The van der Waals surface area contributed by atoms with Crippen molar-refractivity contribution in [2.24, 2.45) is 0 Å². The van der Waals surface area contributed by atoms with Gasteiger partial charge < -0.3 is 19.3 Å². The fraction of sp³-hybridized carbons (Fsp3) is 0.500. The first-order chi connectivity index (χ1) is 10.3. The van der Waals surface area contributed by atoms with Crippen molar-refractivity contribution in [2.45, 2.75) is 37.9 Å². The van der Waals surface area contributed by atoms with Crippen LogP contribution in [0.3, 0.4) is 0 Å². The highest BCUT2D eigenvalue weighted by Gasteiger charge is 2.41. The summed E-state index contributed by atoms with van der Waals surface area (Å²) in [6.07, 6.45) is 1.09. The first-order valence-corrected chi connectivity index (χ1v) is 8.28. The van der Waals surface area contributed by atoms with Crippen LogP contribution in [0.15, 0.2) is 41.5 Å². The van der Waals surface area contributed by atoms with E-state index in [1.54, 1.807) is 17.8 Å². The Bertz CT molecular complexity index is 490. The fourth-order valence-electron chi connectivity index (χ4n) is 2.44. The van der Waals surface area contributed by atoms with Crippen molar-refractivity contribution >= 4 is 11.8 Å². The minimum absolute atomic E-state index is 0.246. The SMILES string of the molecule is CCCSC1=C[C@@H](O)[C@@H]2OC(c3ccccc3)OC[C@H]2O1. The maximum Gasteiger partial charge on any atom is 0.184 e. The number of ether oxygens (including phenoxy) is 3. The van der Waals surface area contributed by atoms with Gasteiger partial charge in [0.2, 0.25) is 0 Å². The molecule has 2 heterocycles. The summed E-state index contributed by atoms with van der Waals surface area (Å²) in [5.74, 6) is 0.976. The van der Waals surface area contributed by atoms with E-state index in [1.165, 1.54) is 0 Å². The van der Waals surface area contributed by atoms with Gasteiger partial charge in [0, 0.05) is 11.3 Å². The summed E-state index contributed by atoms with van der Waals surface area (Å²) >= 11 is 1.62. The molecule has 1 saturated heterocycles. The molecule has 1 aromatic rings. The van der Waals surface area contributed by atoms with E-state index in [-0.39, 0.29) is 12.2 Å². The van der Waals surface area contributed by atoms with Gasteiger partial charge in [-0.2, -0.15) is 0 Å². The Labute approximate surface area is 129 Å². The lowest BCUT2D eigenvalue weighted by Gasteiger charge is -2.41. The van der Waals surface area contributed by atoms with E-state index >= 15 is 0 Å². The molecule has 0 aliphatic carbocycles. The van der Waals surface area contributed by atoms with Gasteiger partial charge in [0.05, 0.1) is 6.61 Å². The first kappa shape index (κ1) is 14.9. The van der Waals surface area contributed by atoms with Crippen LogP contribution in [0.1, 0.15) is 25.2 Å². The van der Waals surface area contributed by atoms with Gasteiger partial charge in [0.1, 0.15) is 12.2 Å². The summed E-state index contributed by atoms with van der Waals surface area (Å²) in [6.45, 7) is 2.54. The highest BCUT2D eigenvalue weighted by Crippen LogP contribution is 2.35. The number of aliphatic hydroxyl groups excluding tert-OH is 1. The average Bonchev–Trinajstić information content (AvgIpc) is 2.53. The van der Waals surface area contributed by atoms with Gasteiger partial charge in [-0.05, 0) is 12.5 Å². The van der Waals surface area contributed by atoms with Crippen LogP contribution in [0.25, 0.3) is 0 Å². The van der Waals surface area contributed by atoms with E-state index < -0.39 is 12.4 Å². The van der Waals surface area contributed by atoms with E-state index in [9.17, 15) is 5.11 Å². The van der Waals surface area contributed by atoms with Gasteiger partial charge in [-0.3, -0.25) is 0 Å². The normalized spacial score (nSPS) is 32.0. The summed E-state index contributed by atoms with van der Waals surface area (Å²) in [4.78, 5) is 0. The van der Waals surface area contributed by atoms with Crippen molar-refractivity contribution < 1.29 is 19.3 Å². The molecule has 1 aromatic carbocycles. The molecule has 0 amide bonds. The van der Waals surface area contributed by atoms with Crippen molar-refractivity contribution in [3.8, 4) is 0 Å². The molecule has 0 radical (unpaired) electrons. The summed E-state index contributed by atoms with van der Waals surface area (Å²) < 4.78 is 17.5. The molecule has 114 valence electrons. The van der Waals surface area contributed by atoms with E-state index in [2.05, 4.69) is 6.92 Å². The van der Waals surface area contributed by atoms with Crippen molar-refractivity contribution in [3.05, 3.63) is 47.1 Å². The molecule has 2 aliphatic rings. The third kappa shape index (κ3) is 3.43. The Morgan fingerprint density at radius 2 is 2.10 bits per heavy atom. The number of fused-ring (bicyclic) bond motifs is 1. The molecule has 1 fully saturated rings. The molecule has 1 N–H and O–H groups in total. The van der Waals surface area contributed by atoms with Gasteiger partial charge in [0.25, 0.3) is 0 Å². The minimum atomic E-state index is -0.654. The number of thioether (sulfide) groups is 1. The number of hydrogen-bond acceptors (Lipinski definition) is 5. The monoisotopic (exact) mass is 308 g/mol. The van der Waals surface area contributed by atoms with Gasteiger partial charge in [-0.25, -0.2) is 0 Å². The number of aliphatic hydroxyl groups is 1. The van der Waals surface area contributed by atoms with Crippen LogP contribution in [0.5, 0.6) is 0 Å². The standard InChI is InChI=1S/C16H20O4S/c1-2-8-21-14-9-12(17)15-13(19-14)10-18-16(20-15)11-6-4-3-5-7-11/h3-7,9,12-13,15-17H,2,8,10H2,1H3/t12-,13-,15+,16?/m1/s1. The largest absolute Gasteiger partial charge is 0.479 e. The maximum absolute atomic E-state index is 10.3. The summed E-state index contributed by atoms with van der Waals surface area (Å²) in [5, 5.41) is 11.1. The molecule has 21 heavy (non-hydrogen) atoms. The lowest BCUT2D eigenvalue weighted by atomic mass is 10.0. The average molecular weight is 308 g/mol. The molecule has 4 nitrogen and oxygen atoms in total. The summed E-state index contributed by atoms with van der Waals surface area (Å²) in [7, 11) is 0. The second-order valence-corrected chi connectivity index (χ2v) is 6.26. The number of benzene rings is 1. The Kier molecular flexibility index (Phi) is 4.85. The van der Waals surface area contributed by atoms with E-state index in [0.717, 1.165) is 22.8 Å². The van der Waals surface area contributed by atoms with Crippen molar-refractivity contribution in [2.75, 3.05) is 12.4 Å². The number of rotatable bonds is 4. The predicted molar refractivity (Wildman–Crippen MR) is 81.7 cm³/mol. The quantitative estimate of drug-likeness (QED) is 0.927. The highest BCUT2D eigenvalue weighted by atomic mass is 32.2. The topological polar surface area (TPSA) is 47.9 Å². The van der Waals surface area contributed by atoms with Gasteiger partial charge in [-0.1, -0.05) is 49.0 Å². The van der Waals surface area contributed by atoms with Crippen molar-refractivity contribution in [1.82, 2.24) is 0 Å². The Morgan fingerprint density at radius 3 is 2.86 bits per heavy atom. The fourth-order valence-corrected chi connectivity index (χ4v) is 3.27. The van der Waals surface area contributed by atoms with Crippen LogP contribution in [-0.2, 0) is 14.2 Å². The third-order valence-electron chi connectivity index (χ3n) is 3.49. The second-order valence-electron chi connectivity index (χ2n) is 5.16. The highest BCUT2D eigenvalue weighted by molar-refractivity contribution is 8.02. The van der Waals surface area contributed by atoms with Crippen molar-refractivity contribution in [1.29, 1.82) is 0 Å². The van der Waals surface area contributed by atoms with Crippen LogP contribution in [-0.4, -0.2) is 35.8 Å². The molecule has 2 aliphatic heterocycles. The van der Waals surface area contributed by atoms with Crippen LogP contribution < -0.4 is 0 Å². The minimum Gasteiger partial charge on any atom is -0.479 e. The molecule has 0 aromatic heterocycles. The zero-order valence-corrected chi connectivity index (χ0v) is 12.8. The summed E-state index contributed by atoms with van der Waals surface area (Å²) in [5.41, 5.74) is 0.957. The molecule has 4 atom stereocenters. The van der Waals surface area contributed by atoms with Crippen LogP contribution in [0.4, 0.5) is 0 Å². The zero-order valence-electron chi connectivity index (χ0n) is 12.0. The molecule has 1 unspecified atom stereocenters. The van der Waals surface area contributed by atoms with E-state index in [4.69, 9.17) is 14.2 Å². The molecule has 5 heteroatoms. The van der Waals surface area contributed by atoms with Crippen LogP contribution in [0, 0.1) is 0 Å². The lowest BCUT2D eigenvalue weighted by molar-refractivity contribution is -0.277. The van der Waals surface area contributed by atoms with Gasteiger partial charge >= 0.3 is 0 Å². The molecule has 0 bridgehead atoms. The Morgan fingerprint density at radius 1 is 1.29 bits per heavy atom. The Balaban J connectivity index is 1.68. The van der Waals surface area contributed by atoms with E-state index in [0.29, 0.717) is 6.61 Å². The van der Waals surface area contributed by atoms with Gasteiger partial charge in [0.15, 0.2) is 17.5 Å². The van der Waals surface area contributed by atoms with Crippen molar-refractivity contribution in [3.63, 3.8) is 0 Å². The molecule has 0 saturated carbocycles. The molecular weight excluding hydrogens is 288 g/mol. The maximum atomic E-state index is 10.3. The predicted octanol–water partition coefficient (Wildman–Crippen LogP) is 2.84. The summed E-state index contributed by atoms with van der Waals surface area (Å²) in [6, 6.07) is 9.76. The lowest BCUT2D eigenvalue weighted by Crippen LogP contribution is -2.50. The smallest absolute Gasteiger partial charge is 0.184 e.